The molecule has 3 rings (SSSR count). The summed E-state index contributed by atoms with van der Waals surface area (Å²) < 4.78 is 1.13. The number of nitrogens with two attached hydrogens (primary N) is 1. The average molecular weight is 347 g/mol. The number of fused-ring (bicyclic) bond motifs is 1. The summed E-state index contributed by atoms with van der Waals surface area (Å²) in [5, 5.41) is 3.27. The summed E-state index contributed by atoms with van der Waals surface area (Å²) in [4.78, 5) is 5.98. The number of para-hydroxylation sites is 1. The number of nitrogens with zero attached hydrogens (tertiary/aromatic N) is 1. The molecule has 0 aliphatic rings. The van der Waals surface area contributed by atoms with Gasteiger partial charge in [-0.1, -0.05) is 18.2 Å². The van der Waals surface area contributed by atoms with Crippen LogP contribution in [0, 0.1) is 6.92 Å². The van der Waals surface area contributed by atoms with Crippen LogP contribution in [0.25, 0.3) is 10.9 Å². The molecule has 4 heteroatoms. The maximum Gasteiger partial charge on any atom is 0.0708 e. The van der Waals surface area contributed by atoms with E-state index in [0.717, 1.165) is 22.1 Å². The molecule has 2 N–H and O–H groups in total. The van der Waals surface area contributed by atoms with E-state index in [1.807, 2.05) is 18.2 Å². The third kappa shape index (κ3) is 2.64. The molecule has 1 atom stereocenters. The fourth-order valence-corrected chi connectivity index (χ4v) is 3.91. The van der Waals surface area contributed by atoms with Crippen LogP contribution < -0.4 is 5.73 Å². The van der Waals surface area contributed by atoms with Crippen molar-refractivity contribution in [1.82, 2.24) is 4.98 Å². The van der Waals surface area contributed by atoms with Crippen LogP contribution in [0.1, 0.15) is 22.2 Å². The summed E-state index contributed by atoms with van der Waals surface area (Å²) in [5.41, 5.74) is 9.54. The van der Waals surface area contributed by atoms with Crippen LogP contribution >= 0.6 is 27.3 Å². The molecule has 0 saturated carbocycles. The Morgan fingerprint density at radius 1 is 1.30 bits per heavy atom. The van der Waals surface area contributed by atoms with Crippen LogP contribution in [-0.4, -0.2) is 4.98 Å². The van der Waals surface area contributed by atoms with Crippen LogP contribution in [0.4, 0.5) is 0 Å². The Morgan fingerprint density at radius 2 is 2.10 bits per heavy atom. The molecule has 1 aromatic carbocycles. The third-order valence-electron chi connectivity index (χ3n) is 3.42. The van der Waals surface area contributed by atoms with Crippen LogP contribution in [0.15, 0.2) is 46.3 Å². The minimum Gasteiger partial charge on any atom is -0.322 e. The number of pyridine rings is 1. The monoisotopic (exact) mass is 346 g/mol. The highest BCUT2D eigenvalue weighted by Crippen LogP contribution is 2.28. The molecule has 0 fully saturated rings. The van der Waals surface area contributed by atoms with Gasteiger partial charge in [-0.05, 0) is 52.0 Å². The lowest BCUT2D eigenvalue weighted by atomic mass is 10.0. The first kappa shape index (κ1) is 13.7. The molecule has 0 aliphatic heterocycles. The Hall–Kier alpha value is -1.23. The zero-order valence-electron chi connectivity index (χ0n) is 11.1. The van der Waals surface area contributed by atoms with Gasteiger partial charge in [0.2, 0.25) is 0 Å². The van der Waals surface area contributed by atoms with Crippen LogP contribution in [0.3, 0.4) is 0 Å². The van der Waals surface area contributed by atoms with Crippen molar-refractivity contribution in [2.24, 2.45) is 5.73 Å². The summed E-state index contributed by atoms with van der Waals surface area (Å²) in [6.45, 7) is 2.11. The number of rotatable bonds is 3. The smallest absolute Gasteiger partial charge is 0.0708 e. The first-order valence-corrected chi connectivity index (χ1v) is 8.16. The molecular formula is C16H15BrN2S. The zero-order chi connectivity index (χ0) is 14.1. The Kier molecular flexibility index (Phi) is 3.87. The molecule has 0 radical (unpaired) electrons. The molecule has 102 valence electrons. The van der Waals surface area contributed by atoms with Gasteiger partial charge in [0.1, 0.15) is 0 Å². The van der Waals surface area contributed by atoms with Crippen molar-refractivity contribution < 1.29 is 0 Å². The summed E-state index contributed by atoms with van der Waals surface area (Å²) >= 11 is 5.28. The van der Waals surface area contributed by atoms with Crippen molar-refractivity contribution in [1.29, 1.82) is 0 Å². The molecule has 2 nitrogen and oxygen atoms in total. The fourth-order valence-electron chi connectivity index (χ4n) is 2.34. The van der Waals surface area contributed by atoms with Crippen molar-refractivity contribution in [2.75, 3.05) is 0 Å². The fraction of sp³-hybridized carbons (Fsp3) is 0.188. The predicted octanol–water partition coefficient (Wildman–Crippen LogP) is 4.61. The van der Waals surface area contributed by atoms with E-state index in [2.05, 4.69) is 46.4 Å². The van der Waals surface area contributed by atoms with E-state index in [0.29, 0.717) is 0 Å². The highest BCUT2D eigenvalue weighted by Gasteiger charge is 2.13. The maximum absolute atomic E-state index is 6.34. The topological polar surface area (TPSA) is 38.9 Å². The van der Waals surface area contributed by atoms with Gasteiger partial charge >= 0.3 is 0 Å². The molecule has 1 unspecified atom stereocenters. The molecular weight excluding hydrogens is 332 g/mol. The molecule has 20 heavy (non-hydrogen) atoms. The number of hydrogen-bond acceptors (Lipinski definition) is 3. The van der Waals surface area contributed by atoms with E-state index in [4.69, 9.17) is 10.7 Å². The predicted molar refractivity (Wildman–Crippen MR) is 89.1 cm³/mol. The Bertz CT molecular complexity index is 751. The van der Waals surface area contributed by atoms with Gasteiger partial charge in [-0.3, -0.25) is 4.98 Å². The highest BCUT2D eigenvalue weighted by molar-refractivity contribution is 9.10. The SMILES string of the molecule is Cc1cc(C(N)Cc2sccc2Br)nc2ccccc12. The van der Waals surface area contributed by atoms with Crippen molar-refractivity contribution in [3.05, 3.63) is 62.4 Å². The molecule has 0 spiro atoms. The normalized spacial score (nSPS) is 12.8. The second-order valence-corrected chi connectivity index (χ2v) is 6.74. The van der Waals surface area contributed by atoms with Gasteiger partial charge in [-0.15, -0.1) is 11.3 Å². The van der Waals surface area contributed by atoms with Gasteiger partial charge in [0.15, 0.2) is 0 Å². The Labute approximate surface area is 130 Å². The Morgan fingerprint density at radius 3 is 2.85 bits per heavy atom. The maximum atomic E-state index is 6.34. The average Bonchev–Trinajstić information content (AvgIpc) is 2.84. The van der Waals surface area contributed by atoms with E-state index in [1.54, 1.807) is 11.3 Å². The second kappa shape index (κ2) is 5.64. The van der Waals surface area contributed by atoms with Crippen molar-refractivity contribution >= 4 is 38.2 Å². The molecule has 3 aromatic rings. The van der Waals surface area contributed by atoms with E-state index in [1.165, 1.54) is 15.8 Å². The number of benzene rings is 1. The van der Waals surface area contributed by atoms with E-state index < -0.39 is 0 Å². The van der Waals surface area contributed by atoms with Gasteiger partial charge < -0.3 is 5.73 Å². The first-order chi connectivity index (χ1) is 9.65. The van der Waals surface area contributed by atoms with Crippen molar-refractivity contribution in [3.63, 3.8) is 0 Å². The van der Waals surface area contributed by atoms with Gasteiger partial charge in [0, 0.05) is 21.2 Å². The van der Waals surface area contributed by atoms with E-state index >= 15 is 0 Å². The molecule has 0 saturated heterocycles. The van der Waals surface area contributed by atoms with Crippen LogP contribution in [0.5, 0.6) is 0 Å². The number of aryl methyl sites for hydroxylation is 1. The number of aromatic nitrogens is 1. The zero-order valence-corrected chi connectivity index (χ0v) is 13.5. The highest BCUT2D eigenvalue weighted by atomic mass is 79.9. The molecule has 0 amide bonds. The minimum absolute atomic E-state index is 0.0757. The lowest BCUT2D eigenvalue weighted by molar-refractivity contribution is 0.705. The summed E-state index contributed by atoms with van der Waals surface area (Å²) in [6.07, 6.45) is 0.809. The minimum atomic E-state index is -0.0757. The van der Waals surface area contributed by atoms with E-state index in [-0.39, 0.29) is 6.04 Å². The Balaban J connectivity index is 1.95. The second-order valence-electron chi connectivity index (χ2n) is 4.88. The number of hydrogen-bond donors (Lipinski definition) is 1. The molecule has 2 aromatic heterocycles. The van der Waals surface area contributed by atoms with Gasteiger partial charge in [0.05, 0.1) is 17.3 Å². The standard InChI is InChI=1S/C16H15BrN2S/c1-10-8-15(19-14-5-3-2-4-11(10)14)13(18)9-16-12(17)6-7-20-16/h2-8,13H,9,18H2,1H3. The van der Waals surface area contributed by atoms with Gasteiger partial charge in [-0.2, -0.15) is 0 Å². The summed E-state index contributed by atoms with van der Waals surface area (Å²) in [6, 6.07) is 12.3. The first-order valence-electron chi connectivity index (χ1n) is 6.49. The van der Waals surface area contributed by atoms with Crippen molar-refractivity contribution in [3.8, 4) is 0 Å². The van der Waals surface area contributed by atoms with Gasteiger partial charge in [0.25, 0.3) is 0 Å². The van der Waals surface area contributed by atoms with E-state index in [9.17, 15) is 0 Å². The lowest BCUT2D eigenvalue weighted by Crippen LogP contribution is -2.15. The quantitative estimate of drug-likeness (QED) is 0.751. The third-order valence-corrected chi connectivity index (χ3v) is 5.37. The molecule has 0 aliphatic carbocycles. The lowest BCUT2D eigenvalue weighted by Gasteiger charge is -2.13. The largest absolute Gasteiger partial charge is 0.322 e. The molecule has 2 heterocycles. The van der Waals surface area contributed by atoms with Crippen LogP contribution in [0.2, 0.25) is 0 Å². The van der Waals surface area contributed by atoms with Gasteiger partial charge in [-0.25, -0.2) is 0 Å². The summed E-state index contributed by atoms with van der Waals surface area (Å²) in [7, 11) is 0. The number of thiophene rings is 1. The summed E-state index contributed by atoms with van der Waals surface area (Å²) in [5.74, 6) is 0. The molecule has 0 bridgehead atoms. The van der Waals surface area contributed by atoms with Crippen molar-refractivity contribution in [2.45, 2.75) is 19.4 Å². The van der Waals surface area contributed by atoms with Crippen LogP contribution in [-0.2, 0) is 6.42 Å². The number of halogens is 1.